The van der Waals surface area contributed by atoms with Gasteiger partial charge in [-0.15, -0.1) is 0 Å². The Labute approximate surface area is 123 Å². The largest absolute Gasteiger partial charge is 0.470 e. The summed E-state index contributed by atoms with van der Waals surface area (Å²) in [5.41, 5.74) is 1.40. The molecule has 112 valence electrons. The van der Waals surface area contributed by atoms with E-state index in [0.717, 1.165) is 12.0 Å². The Balaban J connectivity index is 1.98. The number of fused-ring (bicyclic) bond motifs is 3. The van der Waals surface area contributed by atoms with Gasteiger partial charge in [-0.05, 0) is 13.3 Å². The summed E-state index contributed by atoms with van der Waals surface area (Å²) >= 11 is 0. The molecule has 0 aromatic heterocycles. The molecule has 4 atom stereocenters. The van der Waals surface area contributed by atoms with E-state index in [4.69, 9.17) is 9.47 Å². The molecule has 0 bridgehead atoms. The molecule has 5 heteroatoms. The fourth-order valence-electron chi connectivity index (χ4n) is 2.92. The van der Waals surface area contributed by atoms with Gasteiger partial charge >= 0.3 is 0 Å². The van der Waals surface area contributed by atoms with Gasteiger partial charge in [-0.25, -0.2) is 0 Å². The summed E-state index contributed by atoms with van der Waals surface area (Å²) in [5.74, 6) is -0.0411. The Kier molecular flexibility index (Phi) is 3.78. The number of carbonyl (C=O) groups excluding carboxylic acids is 1. The molecule has 0 spiro atoms. The Morgan fingerprint density at radius 2 is 2.33 bits per heavy atom. The SMILES string of the molecule is COC(C)C1=NCC2C(O)C(=O)C3=CC=CCC=C3C2O1. The maximum Gasteiger partial charge on any atom is 0.213 e. The number of carbonyl (C=O) groups is 1. The maximum atomic E-state index is 12.3. The second-order valence-electron chi connectivity index (χ2n) is 5.47. The number of hydrogen-bond acceptors (Lipinski definition) is 5. The van der Waals surface area contributed by atoms with Crippen molar-refractivity contribution in [3.05, 3.63) is 35.5 Å². The van der Waals surface area contributed by atoms with Crippen LogP contribution in [-0.4, -0.2) is 48.8 Å². The van der Waals surface area contributed by atoms with E-state index in [1.807, 2.05) is 25.2 Å². The lowest BCUT2D eigenvalue weighted by Crippen LogP contribution is -2.51. The van der Waals surface area contributed by atoms with Gasteiger partial charge in [0.15, 0.2) is 5.78 Å². The zero-order valence-corrected chi connectivity index (χ0v) is 12.2. The van der Waals surface area contributed by atoms with E-state index in [1.165, 1.54) is 0 Å². The molecule has 1 saturated carbocycles. The molecule has 4 unspecified atom stereocenters. The van der Waals surface area contributed by atoms with Gasteiger partial charge in [-0.1, -0.05) is 24.3 Å². The standard InChI is InChI=1S/C16H19NO4/c1-9(20-2)16-17-8-12-14(19)13(18)10-6-4-3-5-7-11(10)15(12)21-16/h3-4,6-7,9,12,14-15,19H,5,8H2,1-2H3. The van der Waals surface area contributed by atoms with Crippen LogP contribution in [0.2, 0.25) is 0 Å². The first-order valence-corrected chi connectivity index (χ1v) is 7.16. The van der Waals surface area contributed by atoms with Crippen LogP contribution in [0.3, 0.4) is 0 Å². The minimum atomic E-state index is -1.06. The summed E-state index contributed by atoms with van der Waals surface area (Å²) in [6.45, 7) is 2.24. The molecule has 3 aliphatic rings. The van der Waals surface area contributed by atoms with Crippen molar-refractivity contribution in [2.75, 3.05) is 13.7 Å². The zero-order chi connectivity index (χ0) is 15.0. The molecule has 0 radical (unpaired) electrons. The van der Waals surface area contributed by atoms with Crippen LogP contribution in [0, 0.1) is 5.92 Å². The molecular weight excluding hydrogens is 270 g/mol. The van der Waals surface area contributed by atoms with Crippen molar-refractivity contribution >= 4 is 11.7 Å². The van der Waals surface area contributed by atoms with Gasteiger partial charge in [-0.3, -0.25) is 9.79 Å². The predicted octanol–water partition coefficient (Wildman–Crippen LogP) is 1.19. The fourth-order valence-corrected chi connectivity index (χ4v) is 2.92. The molecule has 0 aromatic rings. The van der Waals surface area contributed by atoms with E-state index in [1.54, 1.807) is 13.2 Å². The Bertz CT molecular complexity index is 573. The lowest BCUT2D eigenvalue weighted by molar-refractivity contribution is -0.130. The van der Waals surface area contributed by atoms with Crippen molar-refractivity contribution < 1.29 is 19.4 Å². The van der Waals surface area contributed by atoms with Gasteiger partial charge in [0.05, 0.1) is 12.5 Å². The van der Waals surface area contributed by atoms with Gasteiger partial charge in [0, 0.05) is 18.3 Å². The van der Waals surface area contributed by atoms with Gasteiger partial charge in [0.2, 0.25) is 5.90 Å². The number of ether oxygens (including phenoxy) is 2. The maximum absolute atomic E-state index is 12.3. The third-order valence-electron chi connectivity index (χ3n) is 4.23. The van der Waals surface area contributed by atoms with E-state index in [9.17, 15) is 9.90 Å². The van der Waals surface area contributed by atoms with Crippen LogP contribution in [0.4, 0.5) is 0 Å². The van der Waals surface area contributed by atoms with E-state index >= 15 is 0 Å². The first-order chi connectivity index (χ1) is 10.1. The average molecular weight is 289 g/mol. The van der Waals surface area contributed by atoms with Crippen LogP contribution < -0.4 is 0 Å². The lowest BCUT2D eigenvalue weighted by atomic mass is 9.75. The smallest absolute Gasteiger partial charge is 0.213 e. The highest BCUT2D eigenvalue weighted by atomic mass is 16.5. The molecule has 0 amide bonds. The molecule has 1 fully saturated rings. The number of hydrogen-bond donors (Lipinski definition) is 1. The molecule has 2 aliphatic carbocycles. The van der Waals surface area contributed by atoms with Gasteiger partial charge in [-0.2, -0.15) is 0 Å². The van der Waals surface area contributed by atoms with Crippen LogP contribution in [-0.2, 0) is 14.3 Å². The molecule has 1 heterocycles. The predicted molar refractivity (Wildman–Crippen MR) is 78.1 cm³/mol. The van der Waals surface area contributed by atoms with Crippen molar-refractivity contribution in [2.45, 2.75) is 31.7 Å². The van der Waals surface area contributed by atoms with Crippen molar-refractivity contribution in [3.8, 4) is 0 Å². The summed E-state index contributed by atoms with van der Waals surface area (Å²) in [7, 11) is 1.60. The van der Waals surface area contributed by atoms with E-state index in [-0.39, 0.29) is 23.9 Å². The molecule has 1 N–H and O–H groups in total. The summed E-state index contributed by atoms with van der Waals surface area (Å²) in [6, 6.07) is 0. The van der Waals surface area contributed by atoms with E-state index in [2.05, 4.69) is 4.99 Å². The summed E-state index contributed by atoms with van der Waals surface area (Å²) < 4.78 is 11.2. The van der Waals surface area contributed by atoms with Crippen molar-refractivity contribution in [3.63, 3.8) is 0 Å². The lowest BCUT2D eigenvalue weighted by Gasteiger charge is -2.40. The molecule has 3 rings (SSSR count). The molecule has 5 nitrogen and oxygen atoms in total. The third kappa shape index (κ3) is 2.36. The quantitative estimate of drug-likeness (QED) is 0.829. The van der Waals surface area contributed by atoms with Crippen molar-refractivity contribution in [2.24, 2.45) is 10.9 Å². The fraction of sp³-hybridized carbons (Fsp3) is 0.500. The van der Waals surface area contributed by atoms with E-state index in [0.29, 0.717) is 18.0 Å². The third-order valence-corrected chi connectivity index (χ3v) is 4.23. The Morgan fingerprint density at radius 1 is 1.52 bits per heavy atom. The topological polar surface area (TPSA) is 68.1 Å². The Hall–Kier alpha value is -1.72. The highest BCUT2D eigenvalue weighted by Gasteiger charge is 2.47. The van der Waals surface area contributed by atoms with Crippen molar-refractivity contribution in [1.29, 1.82) is 0 Å². The van der Waals surface area contributed by atoms with Gasteiger partial charge in [0.1, 0.15) is 18.3 Å². The zero-order valence-electron chi connectivity index (χ0n) is 12.2. The summed E-state index contributed by atoms with van der Waals surface area (Å²) in [5, 5.41) is 10.3. The minimum absolute atomic E-state index is 0.238. The van der Waals surface area contributed by atoms with Gasteiger partial charge in [0.25, 0.3) is 0 Å². The molecule has 0 saturated heterocycles. The first kappa shape index (κ1) is 14.2. The minimum Gasteiger partial charge on any atom is -0.470 e. The number of methoxy groups -OCH3 is 1. The number of aliphatic imine (C=N–C) groups is 1. The second kappa shape index (κ2) is 5.58. The van der Waals surface area contributed by atoms with Crippen molar-refractivity contribution in [1.82, 2.24) is 0 Å². The second-order valence-corrected chi connectivity index (χ2v) is 5.47. The van der Waals surface area contributed by atoms with Crippen LogP contribution >= 0.6 is 0 Å². The summed E-state index contributed by atoms with van der Waals surface area (Å²) in [6.07, 6.45) is 6.69. The normalized spacial score (nSPS) is 32.8. The number of Topliss-reactive ketones (excluding diaryl/α,β-unsaturated/α-hetero) is 1. The average Bonchev–Trinajstić information content (AvgIpc) is 2.77. The van der Waals surface area contributed by atoms with Gasteiger partial charge < -0.3 is 14.6 Å². The molecule has 21 heavy (non-hydrogen) atoms. The molecule has 1 aliphatic heterocycles. The molecule has 0 aromatic carbocycles. The number of ketones is 1. The summed E-state index contributed by atoms with van der Waals surface area (Å²) in [4.78, 5) is 16.6. The first-order valence-electron chi connectivity index (χ1n) is 7.16. The van der Waals surface area contributed by atoms with Crippen LogP contribution in [0.15, 0.2) is 40.4 Å². The van der Waals surface area contributed by atoms with Crippen LogP contribution in [0.25, 0.3) is 0 Å². The molecular formula is C16H19NO4. The number of rotatable bonds is 2. The Morgan fingerprint density at radius 3 is 3.10 bits per heavy atom. The number of aliphatic hydroxyl groups excluding tert-OH is 1. The number of nitrogens with zero attached hydrogens (tertiary/aromatic N) is 1. The van der Waals surface area contributed by atoms with Crippen LogP contribution in [0.5, 0.6) is 0 Å². The number of aliphatic hydroxyl groups is 1. The number of allylic oxidation sites excluding steroid dienone is 4. The highest BCUT2D eigenvalue weighted by Crippen LogP contribution is 2.37. The van der Waals surface area contributed by atoms with E-state index < -0.39 is 6.10 Å². The van der Waals surface area contributed by atoms with Crippen LogP contribution in [0.1, 0.15) is 13.3 Å². The monoisotopic (exact) mass is 289 g/mol. The highest BCUT2D eigenvalue weighted by molar-refractivity contribution is 6.05.